The van der Waals surface area contributed by atoms with Gasteiger partial charge in [0.2, 0.25) is 0 Å². The summed E-state index contributed by atoms with van der Waals surface area (Å²) in [5.41, 5.74) is 13.9. The Morgan fingerprint density at radius 2 is 1.85 bits per heavy atom. The van der Waals surface area contributed by atoms with Crippen LogP contribution in [0.25, 0.3) is 0 Å². The van der Waals surface area contributed by atoms with E-state index in [1.165, 1.54) is 31.2 Å². The van der Waals surface area contributed by atoms with E-state index in [0.717, 1.165) is 12.1 Å². The molecule has 0 radical (unpaired) electrons. The number of carbonyl (C=O) groups excluding carboxylic acids is 1. The average molecular weight is 367 g/mol. The molecule has 144 valence electrons. The van der Waals surface area contributed by atoms with E-state index in [1.807, 2.05) is 12.1 Å². The molecular weight excluding hydrogens is 336 g/mol. The van der Waals surface area contributed by atoms with E-state index in [-0.39, 0.29) is 11.9 Å². The minimum absolute atomic E-state index is 0.0351. The van der Waals surface area contributed by atoms with Gasteiger partial charge in [-0.05, 0) is 48.2 Å². The van der Waals surface area contributed by atoms with E-state index in [4.69, 9.17) is 11.5 Å². The second-order valence-electron chi connectivity index (χ2n) is 7.04. The third-order valence-corrected chi connectivity index (χ3v) is 4.46. The second kappa shape index (κ2) is 10.4. The molecule has 0 saturated carbocycles. The highest BCUT2D eigenvalue weighted by molar-refractivity contribution is 6.04. The summed E-state index contributed by atoms with van der Waals surface area (Å²) in [6.45, 7) is 4.53. The van der Waals surface area contributed by atoms with Crippen molar-refractivity contribution < 1.29 is 4.79 Å². The number of unbranched alkanes of at least 4 members (excludes halogenated alkanes) is 2. The maximum absolute atomic E-state index is 12.4. The second-order valence-corrected chi connectivity index (χ2v) is 7.04. The molecule has 0 bridgehead atoms. The molecule has 0 fully saturated rings. The number of guanidine groups is 1. The first-order chi connectivity index (χ1) is 13.0. The fraction of sp³-hybridized carbons (Fsp3) is 0.364. The maximum Gasteiger partial charge on any atom is 0.255 e. The molecule has 0 aromatic heterocycles. The van der Waals surface area contributed by atoms with Gasteiger partial charge in [-0.2, -0.15) is 0 Å². The topological polar surface area (TPSA) is 93.5 Å². The number of nitrogens with zero attached hydrogens (tertiary/aromatic N) is 1. The smallest absolute Gasteiger partial charge is 0.255 e. The van der Waals surface area contributed by atoms with Crippen LogP contribution in [0.1, 0.15) is 55.5 Å². The Morgan fingerprint density at radius 1 is 1.11 bits per heavy atom. The van der Waals surface area contributed by atoms with Gasteiger partial charge in [0, 0.05) is 11.3 Å². The zero-order valence-corrected chi connectivity index (χ0v) is 16.2. The molecule has 2 aromatic carbocycles. The van der Waals surface area contributed by atoms with Crippen molar-refractivity contribution in [3.63, 3.8) is 0 Å². The van der Waals surface area contributed by atoms with Gasteiger partial charge in [0.25, 0.3) is 5.91 Å². The maximum atomic E-state index is 12.4. The van der Waals surface area contributed by atoms with Crippen LogP contribution in [0.5, 0.6) is 0 Å². The molecule has 0 heterocycles. The van der Waals surface area contributed by atoms with Crippen molar-refractivity contribution >= 4 is 23.2 Å². The Morgan fingerprint density at radius 3 is 2.52 bits per heavy atom. The van der Waals surface area contributed by atoms with Gasteiger partial charge < -0.3 is 16.8 Å². The highest BCUT2D eigenvalue weighted by Crippen LogP contribution is 2.19. The summed E-state index contributed by atoms with van der Waals surface area (Å²) in [7, 11) is 0. The molecule has 5 heteroatoms. The van der Waals surface area contributed by atoms with Crippen LogP contribution < -0.4 is 16.8 Å². The molecule has 0 aliphatic rings. The van der Waals surface area contributed by atoms with Crippen molar-refractivity contribution in [3.8, 4) is 0 Å². The van der Waals surface area contributed by atoms with Crippen molar-refractivity contribution in [1.82, 2.24) is 0 Å². The highest BCUT2D eigenvalue weighted by atomic mass is 16.1. The van der Waals surface area contributed by atoms with Crippen molar-refractivity contribution in [2.75, 3.05) is 5.32 Å². The fourth-order valence-corrected chi connectivity index (χ4v) is 3.04. The van der Waals surface area contributed by atoms with Crippen LogP contribution >= 0.6 is 0 Å². The molecule has 1 unspecified atom stereocenters. The van der Waals surface area contributed by atoms with Crippen LogP contribution in [0.15, 0.2) is 53.5 Å². The van der Waals surface area contributed by atoms with E-state index in [9.17, 15) is 4.79 Å². The van der Waals surface area contributed by atoms with E-state index in [2.05, 4.69) is 36.3 Å². The zero-order chi connectivity index (χ0) is 19.6. The summed E-state index contributed by atoms with van der Waals surface area (Å²) in [5, 5.41) is 2.91. The fourth-order valence-electron chi connectivity index (χ4n) is 3.04. The average Bonchev–Trinajstić information content (AvgIpc) is 2.63. The van der Waals surface area contributed by atoms with Crippen LogP contribution in [-0.2, 0) is 6.42 Å². The number of nitrogens with two attached hydrogens (primary N) is 2. The van der Waals surface area contributed by atoms with Crippen LogP contribution in [0.2, 0.25) is 0 Å². The molecule has 1 atom stereocenters. The quantitative estimate of drug-likeness (QED) is 0.344. The van der Waals surface area contributed by atoms with Gasteiger partial charge >= 0.3 is 0 Å². The molecule has 1 amide bonds. The number of aliphatic imine (C=N–C) groups is 1. The Hall–Kier alpha value is -2.82. The first kappa shape index (κ1) is 20.5. The van der Waals surface area contributed by atoms with Crippen LogP contribution in [0.3, 0.4) is 0 Å². The minimum atomic E-state index is -0.191. The van der Waals surface area contributed by atoms with Crippen LogP contribution in [0.4, 0.5) is 11.4 Å². The largest absolute Gasteiger partial charge is 0.370 e. The molecule has 0 aliphatic heterocycles. The Kier molecular flexibility index (Phi) is 7.86. The van der Waals surface area contributed by atoms with Crippen LogP contribution in [0, 0.1) is 5.92 Å². The lowest BCUT2D eigenvalue weighted by atomic mass is 9.95. The molecular formula is C22H30N4O. The molecule has 0 spiro atoms. The highest BCUT2D eigenvalue weighted by Gasteiger charge is 2.08. The first-order valence-electron chi connectivity index (χ1n) is 9.58. The number of hydrogen-bond donors (Lipinski definition) is 3. The molecule has 0 saturated heterocycles. The molecule has 2 rings (SSSR count). The van der Waals surface area contributed by atoms with E-state index < -0.39 is 0 Å². The monoisotopic (exact) mass is 366 g/mol. The summed E-state index contributed by atoms with van der Waals surface area (Å²) in [6.07, 6.45) is 6.19. The van der Waals surface area contributed by atoms with Gasteiger partial charge in [-0.3, -0.25) is 4.79 Å². The predicted molar refractivity (Wildman–Crippen MR) is 113 cm³/mol. The predicted octanol–water partition coefficient (Wildman–Crippen LogP) is 4.60. The summed E-state index contributed by atoms with van der Waals surface area (Å²) in [4.78, 5) is 16.4. The SMILES string of the molecule is CCCCCC(C)Cc1ccc(NC(=O)c2cccc(N=C(N)N)c2)cc1. The lowest BCUT2D eigenvalue weighted by Crippen LogP contribution is -2.21. The minimum Gasteiger partial charge on any atom is -0.370 e. The lowest BCUT2D eigenvalue weighted by molar-refractivity contribution is 0.102. The van der Waals surface area contributed by atoms with Crippen molar-refractivity contribution in [3.05, 3.63) is 59.7 Å². The molecule has 2 aromatic rings. The van der Waals surface area contributed by atoms with Gasteiger partial charge in [0.1, 0.15) is 0 Å². The Bertz CT molecular complexity index is 764. The van der Waals surface area contributed by atoms with Gasteiger partial charge in [-0.1, -0.05) is 57.7 Å². The van der Waals surface area contributed by atoms with Crippen molar-refractivity contribution in [1.29, 1.82) is 0 Å². The molecule has 5 nitrogen and oxygen atoms in total. The zero-order valence-electron chi connectivity index (χ0n) is 16.2. The van der Waals surface area contributed by atoms with Gasteiger partial charge in [0.05, 0.1) is 5.69 Å². The summed E-state index contributed by atoms with van der Waals surface area (Å²) in [6, 6.07) is 14.9. The summed E-state index contributed by atoms with van der Waals surface area (Å²) >= 11 is 0. The van der Waals surface area contributed by atoms with E-state index >= 15 is 0 Å². The number of carbonyl (C=O) groups is 1. The molecule has 27 heavy (non-hydrogen) atoms. The summed E-state index contributed by atoms with van der Waals surface area (Å²) < 4.78 is 0. The van der Waals surface area contributed by atoms with Gasteiger partial charge in [-0.25, -0.2) is 4.99 Å². The normalized spacial score (nSPS) is 11.6. The number of benzene rings is 2. The number of rotatable bonds is 9. The lowest BCUT2D eigenvalue weighted by Gasteiger charge is -2.12. The van der Waals surface area contributed by atoms with Crippen LogP contribution in [-0.4, -0.2) is 11.9 Å². The number of nitrogens with one attached hydrogen (secondary N) is 1. The van der Waals surface area contributed by atoms with Gasteiger partial charge in [-0.15, -0.1) is 0 Å². The Balaban J connectivity index is 1.94. The first-order valence-corrected chi connectivity index (χ1v) is 9.58. The van der Waals surface area contributed by atoms with Crippen molar-refractivity contribution in [2.45, 2.75) is 46.0 Å². The third kappa shape index (κ3) is 7.13. The number of anilines is 1. The molecule has 0 aliphatic carbocycles. The summed E-state index contributed by atoms with van der Waals surface area (Å²) in [5.74, 6) is 0.450. The Labute approximate surface area is 161 Å². The van der Waals surface area contributed by atoms with E-state index in [0.29, 0.717) is 17.2 Å². The number of amides is 1. The molecule has 5 N–H and O–H groups in total. The third-order valence-electron chi connectivity index (χ3n) is 4.46. The standard InChI is InChI=1S/C22H30N4O/c1-3-4-5-7-16(2)14-17-10-12-19(13-11-17)25-21(27)18-8-6-9-20(15-18)26-22(23)24/h6,8-13,15-16H,3-5,7,14H2,1-2H3,(H,25,27)(H4,23,24,26). The van der Waals surface area contributed by atoms with E-state index in [1.54, 1.807) is 24.3 Å². The van der Waals surface area contributed by atoms with Gasteiger partial charge in [0.15, 0.2) is 5.96 Å². The number of hydrogen-bond acceptors (Lipinski definition) is 2. The van der Waals surface area contributed by atoms with Crippen molar-refractivity contribution in [2.24, 2.45) is 22.4 Å².